The first-order valence-electron chi connectivity index (χ1n) is 6.35. The van der Waals surface area contributed by atoms with Crippen LogP contribution in [0.4, 0.5) is 10.3 Å². The summed E-state index contributed by atoms with van der Waals surface area (Å²) in [6.45, 7) is 1.97. The molecule has 3 nitrogen and oxygen atoms in total. The van der Waals surface area contributed by atoms with Crippen LogP contribution < -0.4 is 5.73 Å². The Morgan fingerprint density at radius 1 is 1.24 bits per heavy atom. The van der Waals surface area contributed by atoms with Crippen LogP contribution in [0.2, 0.25) is 10.0 Å². The van der Waals surface area contributed by atoms with Crippen molar-refractivity contribution in [1.82, 2.24) is 9.55 Å². The Bertz CT molecular complexity index is 829. The average molecular weight is 324 g/mol. The van der Waals surface area contributed by atoms with Gasteiger partial charge < -0.3 is 10.3 Å². The number of anilines is 1. The standard InChI is InChI=1S/C15H12Cl2FN3/c1-8(9-3-2-4-10(16)5-9)21-14-6-11(17)12(18)7-13(14)20-15(21)19/h2-8H,1H3,(H2,19,20). The van der Waals surface area contributed by atoms with Crippen molar-refractivity contribution < 1.29 is 4.39 Å². The van der Waals surface area contributed by atoms with Crippen LogP contribution in [0.15, 0.2) is 36.4 Å². The smallest absolute Gasteiger partial charge is 0.201 e. The van der Waals surface area contributed by atoms with Crippen LogP contribution in [0.1, 0.15) is 18.5 Å². The van der Waals surface area contributed by atoms with E-state index < -0.39 is 5.82 Å². The summed E-state index contributed by atoms with van der Waals surface area (Å²) < 4.78 is 15.3. The summed E-state index contributed by atoms with van der Waals surface area (Å²) in [5.74, 6) is -0.205. The maximum absolute atomic E-state index is 13.5. The zero-order valence-electron chi connectivity index (χ0n) is 11.1. The Kier molecular flexibility index (Phi) is 3.51. The number of nitrogen functional groups attached to an aromatic ring is 1. The number of nitrogens with two attached hydrogens (primary N) is 1. The molecular formula is C15H12Cl2FN3. The summed E-state index contributed by atoms with van der Waals surface area (Å²) in [6, 6.07) is 10.2. The van der Waals surface area contributed by atoms with Crippen molar-refractivity contribution in [3.8, 4) is 0 Å². The lowest BCUT2D eigenvalue weighted by Crippen LogP contribution is -2.10. The number of hydrogen-bond donors (Lipinski definition) is 1. The molecule has 21 heavy (non-hydrogen) atoms. The van der Waals surface area contributed by atoms with E-state index in [1.165, 1.54) is 12.1 Å². The molecule has 1 atom stereocenters. The molecule has 1 heterocycles. The number of fused-ring (bicyclic) bond motifs is 1. The van der Waals surface area contributed by atoms with E-state index in [9.17, 15) is 4.39 Å². The van der Waals surface area contributed by atoms with E-state index in [1.54, 1.807) is 6.07 Å². The number of imidazole rings is 1. The van der Waals surface area contributed by atoms with Crippen LogP contribution in [-0.2, 0) is 0 Å². The van der Waals surface area contributed by atoms with Gasteiger partial charge in [-0.15, -0.1) is 0 Å². The van der Waals surface area contributed by atoms with Crippen molar-refractivity contribution in [3.63, 3.8) is 0 Å². The van der Waals surface area contributed by atoms with Gasteiger partial charge in [-0.2, -0.15) is 0 Å². The minimum atomic E-state index is -0.510. The summed E-state index contributed by atoms with van der Waals surface area (Å²) in [5.41, 5.74) is 8.13. The first-order chi connectivity index (χ1) is 9.97. The third kappa shape index (κ3) is 2.45. The number of hydrogen-bond acceptors (Lipinski definition) is 2. The van der Waals surface area contributed by atoms with Gasteiger partial charge in [-0.05, 0) is 30.7 Å². The molecule has 6 heteroatoms. The van der Waals surface area contributed by atoms with Gasteiger partial charge in [0, 0.05) is 11.1 Å². The fraction of sp³-hybridized carbons (Fsp3) is 0.133. The molecule has 2 N–H and O–H groups in total. The molecule has 3 rings (SSSR count). The van der Waals surface area contributed by atoms with Crippen molar-refractivity contribution in [3.05, 3.63) is 57.8 Å². The molecule has 0 amide bonds. The van der Waals surface area contributed by atoms with Crippen molar-refractivity contribution in [2.45, 2.75) is 13.0 Å². The fourth-order valence-corrected chi connectivity index (χ4v) is 2.79. The molecule has 0 radical (unpaired) electrons. The zero-order chi connectivity index (χ0) is 15.1. The van der Waals surface area contributed by atoms with E-state index in [1.807, 2.05) is 29.7 Å². The largest absolute Gasteiger partial charge is 0.369 e. The molecule has 0 bridgehead atoms. The van der Waals surface area contributed by atoms with Gasteiger partial charge in [0.05, 0.1) is 22.1 Å². The summed E-state index contributed by atoms with van der Waals surface area (Å²) in [4.78, 5) is 4.19. The minimum Gasteiger partial charge on any atom is -0.369 e. The zero-order valence-corrected chi connectivity index (χ0v) is 12.7. The van der Waals surface area contributed by atoms with Crippen LogP contribution in [0.3, 0.4) is 0 Å². The van der Waals surface area contributed by atoms with Gasteiger partial charge in [-0.3, -0.25) is 0 Å². The van der Waals surface area contributed by atoms with Crippen molar-refractivity contribution in [1.29, 1.82) is 0 Å². The average Bonchev–Trinajstić information content (AvgIpc) is 2.74. The molecule has 1 aromatic heterocycles. The second-order valence-corrected chi connectivity index (χ2v) is 5.67. The molecule has 3 aromatic rings. The quantitative estimate of drug-likeness (QED) is 0.744. The maximum atomic E-state index is 13.5. The number of aromatic nitrogens is 2. The highest BCUT2D eigenvalue weighted by Gasteiger charge is 2.17. The first kappa shape index (κ1) is 14.2. The number of benzene rings is 2. The third-order valence-electron chi connectivity index (χ3n) is 3.48. The van der Waals surface area contributed by atoms with Crippen LogP contribution in [0, 0.1) is 5.82 Å². The van der Waals surface area contributed by atoms with E-state index >= 15 is 0 Å². The topological polar surface area (TPSA) is 43.8 Å². The highest BCUT2D eigenvalue weighted by atomic mass is 35.5. The van der Waals surface area contributed by atoms with Gasteiger partial charge in [0.15, 0.2) is 0 Å². The van der Waals surface area contributed by atoms with Gasteiger partial charge in [0.2, 0.25) is 5.95 Å². The van der Waals surface area contributed by atoms with Crippen LogP contribution in [-0.4, -0.2) is 9.55 Å². The summed E-state index contributed by atoms with van der Waals surface area (Å²) in [5, 5.41) is 0.688. The van der Waals surface area contributed by atoms with Crippen molar-refractivity contribution in [2.24, 2.45) is 0 Å². The number of halogens is 3. The Morgan fingerprint density at radius 2 is 2.00 bits per heavy atom. The van der Waals surface area contributed by atoms with Crippen molar-refractivity contribution >= 4 is 40.2 Å². The van der Waals surface area contributed by atoms with E-state index in [0.717, 1.165) is 5.56 Å². The number of nitrogens with zero attached hydrogens (tertiary/aromatic N) is 2. The SMILES string of the molecule is CC(c1cccc(Cl)c1)n1c(N)nc2cc(F)c(Cl)cc21. The summed E-state index contributed by atoms with van der Waals surface area (Å²) in [7, 11) is 0. The van der Waals surface area contributed by atoms with E-state index in [4.69, 9.17) is 28.9 Å². The van der Waals surface area contributed by atoms with Gasteiger partial charge in [-0.1, -0.05) is 35.3 Å². The molecule has 0 fully saturated rings. The van der Waals surface area contributed by atoms with Crippen LogP contribution >= 0.6 is 23.2 Å². The Hall–Kier alpha value is -1.78. The lowest BCUT2D eigenvalue weighted by Gasteiger charge is -2.17. The van der Waals surface area contributed by atoms with Gasteiger partial charge in [0.25, 0.3) is 0 Å². The van der Waals surface area contributed by atoms with Gasteiger partial charge in [-0.25, -0.2) is 9.37 Å². The second kappa shape index (κ2) is 5.20. The maximum Gasteiger partial charge on any atom is 0.201 e. The lowest BCUT2D eigenvalue weighted by molar-refractivity contribution is 0.629. The molecule has 0 saturated carbocycles. The molecule has 0 spiro atoms. The normalized spacial score (nSPS) is 12.8. The molecule has 0 aliphatic rings. The summed E-state index contributed by atoms with van der Waals surface area (Å²) in [6.07, 6.45) is 0. The monoisotopic (exact) mass is 323 g/mol. The van der Waals surface area contributed by atoms with Gasteiger partial charge >= 0.3 is 0 Å². The lowest BCUT2D eigenvalue weighted by atomic mass is 10.1. The van der Waals surface area contributed by atoms with E-state index in [-0.39, 0.29) is 11.1 Å². The number of rotatable bonds is 2. The molecule has 108 valence electrons. The highest BCUT2D eigenvalue weighted by Crippen LogP contribution is 2.31. The van der Waals surface area contributed by atoms with Crippen LogP contribution in [0.25, 0.3) is 11.0 Å². The second-order valence-electron chi connectivity index (χ2n) is 4.83. The minimum absolute atomic E-state index is 0.0435. The van der Waals surface area contributed by atoms with Crippen LogP contribution in [0.5, 0.6) is 0 Å². The summed E-state index contributed by atoms with van der Waals surface area (Å²) >= 11 is 11.9. The highest BCUT2D eigenvalue weighted by molar-refractivity contribution is 6.31. The molecule has 1 unspecified atom stereocenters. The first-order valence-corrected chi connectivity index (χ1v) is 7.11. The van der Waals surface area contributed by atoms with E-state index in [2.05, 4.69) is 4.98 Å². The molecular weight excluding hydrogens is 312 g/mol. The third-order valence-corrected chi connectivity index (χ3v) is 4.00. The van der Waals surface area contributed by atoms with Crippen molar-refractivity contribution in [2.75, 3.05) is 5.73 Å². The molecule has 0 aliphatic carbocycles. The van der Waals surface area contributed by atoms with E-state index in [0.29, 0.717) is 22.0 Å². The molecule has 0 saturated heterocycles. The Balaban J connectivity index is 2.19. The molecule has 0 aliphatic heterocycles. The van der Waals surface area contributed by atoms with Gasteiger partial charge in [0.1, 0.15) is 5.82 Å². The Morgan fingerprint density at radius 3 is 2.71 bits per heavy atom. The molecule has 2 aromatic carbocycles. The fourth-order valence-electron chi connectivity index (χ4n) is 2.43. The predicted octanol–water partition coefficient (Wildman–Crippen LogP) is 4.67. The Labute approximate surface area is 131 Å². The predicted molar refractivity (Wildman–Crippen MR) is 84.4 cm³/mol.